The fraction of sp³-hybridized carbons (Fsp3) is 0.706. The number of rotatable bonds is 5. The van der Waals surface area contributed by atoms with Gasteiger partial charge in [0.2, 0.25) is 0 Å². The Morgan fingerprint density at radius 3 is 2.71 bits per heavy atom. The molecule has 4 rings (SSSR count). The van der Waals surface area contributed by atoms with Gasteiger partial charge in [0, 0.05) is 30.9 Å². The zero-order chi connectivity index (χ0) is 14.2. The van der Waals surface area contributed by atoms with E-state index in [0.29, 0.717) is 18.1 Å². The summed E-state index contributed by atoms with van der Waals surface area (Å²) in [6.07, 6.45) is 10.7. The largest absolute Gasteiger partial charge is 0.340 e. The van der Waals surface area contributed by atoms with Crippen molar-refractivity contribution in [3.8, 4) is 0 Å². The van der Waals surface area contributed by atoms with Crippen LogP contribution in [0.2, 0.25) is 0 Å². The smallest absolute Gasteiger partial charge is 0.270 e. The van der Waals surface area contributed by atoms with Crippen molar-refractivity contribution in [3.05, 3.63) is 24.0 Å². The standard InChI is InChI=1S/C17H25N3O/c21-17(16-7-3-11-19(16)14-5-1-6-14)20(15-8-9-15)12-13-4-2-10-18-13/h3,7,11,13-15,18H,1-2,4-6,8-10,12H2. The summed E-state index contributed by atoms with van der Waals surface area (Å²) in [5.41, 5.74) is 0.907. The topological polar surface area (TPSA) is 37.3 Å². The molecule has 1 atom stereocenters. The van der Waals surface area contributed by atoms with Crippen LogP contribution in [-0.4, -0.2) is 40.5 Å². The maximum Gasteiger partial charge on any atom is 0.270 e. The molecule has 0 spiro atoms. The average Bonchev–Trinajstić information content (AvgIpc) is 2.95. The molecule has 1 aromatic rings. The summed E-state index contributed by atoms with van der Waals surface area (Å²) in [6, 6.07) is 5.60. The Labute approximate surface area is 126 Å². The molecule has 2 heterocycles. The molecule has 2 saturated carbocycles. The Morgan fingerprint density at radius 2 is 2.10 bits per heavy atom. The van der Waals surface area contributed by atoms with Crippen LogP contribution in [0.25, 0.3) is 0 Å². The maximum absolute atomic E-state index is 13.0. The van der Waals surface area contributed by atoms with E-state index in [-0.39, 0.29) is 5.91 Å². The summed E-state index contributed by atoms with van der Waals surface area (Å²) in [7, 11) is 0. The van der Waals surface area contributed by atoms with Gasteiger partial charge in [-0.2, -0.15) is 0 Å². The molecule has 2 aliphatic carbocycles. The number of hydrogen-bond acceptors (Lipinski definition) is 2. The lowest BCUT2D eigenvalue weighted by molar-refractivity contribution is 0.0711. The fourth-order valence-electron chi connectivity index (χ4n) is 3.64. The van der Waals surface area contributed by atoms with Crippen LogP contribution in [-0.2, 0) is 0 Å². The first-order valence-corrected chi connectivity index (χ1v) is 8.54. The summed E-state index contributed by atoms with van der Waals surface area (Å²) < 4.78 is 2.23. The highest BCUT2D eigenvalue weighted by molar-refractivity contribution is 5.93. The molecule has 1 saturated heterocycles. The van der Waals surface area contributed by atoms with Gasteiger partial charge >= 0.3 is 0 Å². The van der Waals surface area contributed by atoms with E-state index >= 15 is 0 Å². The predicted octanol–water partition coefficient (Wildman–Crippen LogP) is 2.57. The Hall–Kier alpha value is -1.29. The summed E-state index contributed by atoms with van der Waals surface area (Å²) in [5.74, 6) is 0.253. The van der Waals surface area contributed by atoms with Gasteiger partial charge in [0.15, 0.2) is 0 Å². The van der Waals surface area contributed by atoms with Gasteiger partial charge in [-0.1, -0.05) is 0 Å². The molecule has 4 nitrogen and oxygen atoms in total. The van der Waals surface area contributed by atoms with Gasteiger partial charge in [0.1, 0.15) is 5.69 Å². The number of carbonyl (C=O) groups excluding carboxylic acids is 1. The first kappa shape index (κ1) is 13.4. The van der Waals surface area contributed by atoms with Crippen molar-refractivity contribution in [2.45, 2.75) is 63.1 Å². The number of hydrogen-bond donors (Lipinski definition) is 1. The third-order valence-corrected chi connectivity index (χ3v) is 5.29. The van der Waals surface area contributed by atoms with Crippen LogP contribution in [0.4, 0.5) is 0 Å². The van der Waals surface area contributed by atoms with Gasteiger partial charge in [-0.3, -0.25) is 4.79 Å². The van der Waals surface area contributed by atoms with E-state index in [4.69, 9.17) is 0 Å². The normalized spacial score (nSPS) is 25.8. The van der Waals surface area contributed by atoms with Crippen LogP contribution in [0, 0.1) is 0 Å². The van der Waals surface area contributed by atoms with Crippen LogP contribution in [0.1, 0.15) is 61.5 Å². The Kier molecular flexibility index (Phi) is 3.49. The lowest BCUT2D eigenvalue weighted by atomic mass is 9.93. The minimum absolute atomic E-state index is 0.253. The van der Waals surface area contributed by atoms with Crippen molar-refractivity contribution in [2.24, 2.45) is 0 Å². The number of nitrogens with one attached hydrogen (secondary N) is 1. The Bertz CT molecular complexity index is 510. The molecule has 114 valence electrons. The van der Waals surface area contributed by atoms with Gasteiger partial charge in [0.25, 0.3) is 5.91 Å². The molecule has 4 heteroatoms. The lowest BCUT2D eigenvalue weighted by Crippen LogP contribution is -2.43. The van der Waals surface area contributed by atoms with Crippen LogP contribution in [0.5, 0.6) is 0 Å². The lowest BCUT2D eigenvalue weighted by Gasteiger charge is -2.31. The molecule has 0 radical (unpaired) electrons. The van der Waals surface area contributed by atoms with E-state index in [0.717, 1.165) is 18.8 Å². The second kappa shape index (κ2) is 5.48. The molecule has 0 bridgehead atoms. The Morgan fingerprint density at radius 1 is 1.24 bits per heavy atom. The highest BCUT2D eigenvalue weighted by atomic mass is 16.2. The summed E-state index contributed by atoms with van der Waals surface area (Å²) >= 11 is 0. The fourth-order valence-corrected chi connectivity index (χ4v) is 3.64. The van der Waals surface area contributed by atoms with Crippen LogP contribution in [0.15, 0.2) is 18.3 Å². The van der Waals surface area contributed by atoms with Crippen molar-refractivity contribution in [2.75, 3.05) is 13.1 Å². The third-order valence-electron chi connectivity index (χ3n) is 5.29. The quantitative estimate of drug-likeness (QED) is 0.904. The molecule has 0 aromatic carbocycles. The summed E-state index contributed by atoms with van der Waals surface area (Å²) in [6.45, 7) is 2.00. The van der Waals surface area contributed by atoms with Crippen molar-refractivity contribution in [1.29, 1.82) is 0 Å². The minimum atomic E-state index is 0.253. The highest BCUT2D eigenvalue weighted by Crippen LogP contribution is 2.34. The van der Waals surface area contributed by atoms with E-state index in [9.17, 15) is 4.79 Å². The molecule has 1 unspecified atom stereocenters. The van der Waals surface area contributed by atoms with Crippen molar-refractivity contribution >= 4 is 5.91 Å². The average molecular weight is 287 g/mol. The zero-order valence-corrected chi connectivity index (χ0v) is 12.6. The van der Waals surface area contributed by atoms with Crippen LogP contribution in [0.3, 0.4) is 0 Å². The van der Waals surface area contributed by atoms with Gasteiger partial charge in [0.05, 0.1) is 0 Å². The third kappa shape index (κ3) is 2.61. The molecule has 1 aliphatic heterocycles. The van der Waals surface area contributed by atoms with Gasteiger partial charge in [-0.25, -0.2) is 0 Å². The molecule has 3 fully saturated rings. The molecule has 3 aliphatic rings. The summed E-state index contributed by atoms with van der Waals surface area (Å²) in [4.78, 5) is 15.2. The number of nitrogens with zero attached hydrogens (tertiary/aromatic N) is 2. The SMILES string of the molecule is O=C(c1cccn1C1CCC1)N(CC1CCCN1)C1CC1. The Balaban J connectivity index is 1.51. The molecule has 21 heavy (non-hydrogen) atoms. The van der Waals surface area contributed by atoms with E-state index in [2.05, 4.69) is 21.0 Å². The van der Waals surface area contributed by atoms with E-state index < -0.39 is 0 Å². The van der Waals surface area contributed by atoms with Crippen molar-refractivity contribution in [3.63, 3.8) is 0 Å². The second-order valence-electron chi connectivity index (χ2n) is 6.87. The molecule has 1 amide bonds. The molecular weight excluding hydrogens is 262 g/mol. The first-order chi connectivity index (χ1) is 10.3. The molecular formula is C17H25N3O. The number of carbonyl (C=O) groups is 1. The summed E-state index contributed by atoms with van der Waals surface area (Å²) in [5, 5.41) is 3.53. The number of amides is 1. The van der Waals surface area contributed by atoms with Gasteiger partial charge in [-0.05, 0) is 63.6 Å². The van der Waals surface area contributed by atoms with Gasteiger partial charge in [-0.15, -0.1) is 0 Å². The monoisotopic (exact) mass is 287 g/mol. The van der Waals surface area contributed by atoms with E-state index in [1.54, 1.807) is 0 Å². The van der Waals surface area contributed by atoms with Gasteiger partial charge < -0.3 is 14.8 Å². The second-order valence-corrected chi connectivity index (χ2v) is 6.87. The molecule has 1 aromatic heterocycles. The first-order valence-electron chi connectivity index (χ1n) is 8.54. The van der Waals surface area contributed by atoms with E-state index in [1.165, 1.54) is 44.9 Å². The molecule has 1 N–H and O–H groups in total. The highest BCUT2D eigenvalue weighted by Gasteiger charge is 2.36. The van der Waals surface area contributed by atoms with Crippen molar-refractivity contribution < 1.29 is 4.79 Å². The zero-order valence-electron chi connectivity index (χ0n) is 12.6. The maximum atomic E-state index is 13.0. The predicted molar refractivity (Wildman–Crippen MR) is 82.4 cm³/mol. The van der Waals surface area contributed by atoms with Crippen molar-refractivity contribution in [1.82, 2.24) is 14.8 Å². The minimum Gasteiger partial charge on any atom is -0.340 e. The van der Waals surface area contributed by atoms with Crippen LogP contribution >= 0.6 is 0 Å². The number of aromatic nitrogens is 1. The van der Waals surface area contributed by atoms with Crippen LogP contribution < -0.4 is 5.32 Å². The van der Waals surface area contributed by atoms with E-state index in [1.807, 2.05) is 12.1 Å².